The van der Waals surface area contributed by atoms with Gasteiger partial charge in [0.2, 0.25) is 5.91 Å². The highest BCUT2D eigenvalue weighted by molar-refractivity contribution is 7.99. The van der Waals surface area contributed by atoms with E-state index in [4.69, 9.17) is 0 Å². The lowest BCUT2D eigenvalue weighted by Gasteiger charge is -2.27. The molecule has 0 unspecified atom stereocenters. The summed E-state index contributed by atoms with van der Waals surface area (Å²) >= 11 is 1.53. The summed E-state index contributed by atoms with van der Waals surface area (Å²) in [5.41, 5.74) is 0. The Balaban J connectivity index is 1.58. The molecule has 7 heteroatoms. The molecule has 2 aliphatic heterocycles. The quantitative estimate of drug-likeness (QED) is 0.824. The third-order valence-electron chi connectivity index (χ3n) is 3.87. The zero-order chi connectivity index (χ0) is 13.8. The van der Waals surface area contributed by atoms with Gasteiger partial charge in [-0.2, -0.15) is 0 Å². The fourth-order valence-corrected chi connectivity index (χ4v) is 3.58. The summed E-state index contributed by atoms with van der Waals surface area (Å²) in [5.74, 6) is 1.76. The molecule has 1 saturated heterocycles. The largest absolute Gasteiger partial charge is 0.339 e. The molecule has 0 aromatic carbocycles. The average molecular weight is 295 g/mol. The van der Waals surface area contributed by atoms with Gasteiger partial charge < -0.3 is 14.8 Å². The van der Waals surface area contributed by atoms with E-state index in [1.165, 1.54) is 31.0 Å². The molecule has 1 N–H and O–H groups in total. The second-order valence-electron chi connectivity index (χ2n) is 5.28. The number of carbonyl (C=O) groups is 1. The van der Waals surface area contributed by atoms with Crippen LogP contribution in [0.3, 0.4) is 0 Å². The molecule has 1 amide bonds. The van der Waals surface area contributed by atoms with Gasteiger partial charge in [0.25, 0.3) is 0 Å². The standard InChI is InChI=1S/C13H21N5OS/c19-12(17-8-5-14-6-9-17)10-20-13-16-15-11-4-2-1-3-7-18(11)13/h14H,1-10H2. The summed E-state index contributed by atoms with van der Waals surface area (Å²) in [4.78, 5) is 14.1. The van der Waals surface area contributed by atoms with Crippen LogP contribution in [0, 0.1) is 0 Å². The first-order valence-corrected chi connectivity index (χ1v) is 8.36. The average Bonchev–Trinajstić information content (AvgIpc) is 2.72. The fourth-order valence-electron chi connectivity index (χ4n) is 2.70. The van der Waals surface area contributed by atoms with Crippen LogP contribution in [0.1, 0.15) is 25.1 Å². The van der Waals surface area contributed by atoms with Gasteiger partial charge in [0.15, 0.2) is 5.16 Å². The van der Waals surface area contributed by atoms with Crippen LogP contribution in [0.2, 0.25) is 0 Å². The van der Waals surface area contributed by atoms with Crippen LogP contribution in [0.4, 0.5) is 0 Å². The van der Waals surface area contributed by atoms with Crippen LogP contribution >= 0.6 is 11.8 Å². The number of nitrogens with one attached hydrogen (secondary N) is 1. The van der Waals surface area contributed by atoms with Gasteiger partial charge in [0.05, 0.1) is 5.75 Å². The van der Waals surface area contributed by atoms with E-state index < -0.39 is 0 Å². The van der Waals surface area contributed by atoms with E-state index in [2.05, 4.69) is 20.1 Å². The molecule has 1 aromatic rings. The predicted molar refractivity (Wildman–Crippen MR) is 77.8 cm³/mol. The van der Waals surface area contributed by atoms with Gasteiger partial charge in [-0.15, -0.1) is 10.2 Å². The molecule has 0 atom stereocenters. The number of thioether (sulfide) groups is 1. The van der Waals surface area contributed by atoms with Crippen molar-refractivity contribution in [3.63, 3.8) is 0 Å². The number of piperazine rings is 1. The molecule has 20 heavy (non-hydrogen) atoms. The zero-order valence-corrected chi connectivity index (χ0v) is 12.5. The Hall–Kier alpha value is -1.08. The number of fused-ring (bicyclic) bond motifs is 1. The molecule has 6 nitrogen and oxygen atoms in total. The first-order chi connectivity index (χ1) is 9.84. The Labute approximate surface area is 123 Å². The van der Waals surface area contributed by atoms with E-state index in [0.717, 1.165) is 50.1 Å². The highest BCUT2D eigenvalue weighted by atomic mass is 32.2. The van der Waals surface area contributed by atoms with Crippen molar-refractivity contribution in [2.45, 2.75) is 37.4 Å². The van der Waals surface area contributed by atoms with Crippen LogP contribution in [0.5, 0.6) is 0 Å². The molecule has 1 fully saturated rings. The summed E-state index contributed by atoms with van der Waals surface area (Å²) in [6.07, 6.45) is 4.65. The van der Waals surface area contributed by atoms with Crippen molar-refractivity contribution in [1.29, 1.82) is 0 Å². The van der Waals surface area contributed by atoms with E-state index >= 15 is 0 Å². The lowest BCUT2D eigenvalue weighted by molar-refractivity contribution is -0.128. The summed E-state index contributed by atoms with van der Waals surface area (Å²) in [6.45, 7) is 4.43. The van der Waals surface area contributed by atoms with Crippen LogP contribution in [0.25, 0.3) is 0 Å². The highest BCUT2D eigenvalue weighted by Gasteiger charge is 2.19. The molecule has 110 valence electrons. The first-order valence-electron chi connectivity index (χ1n) is 7.38. The molecule has 3 rings (SSSR count). The van der Waals surface area contributed by atoms with Gasteiger partial charge in [-0.05, 0) is 12.8 Å². The van der Waals surface area contributed by atoms with Crippen molar-refractivity contribution in [2.75, 3.05) is 31.9 Å². The number of rotatable bonds is 3. The van der Waals surface area contributed by atoms with Gasteiger partial charge in [0.1, 0.15) is 5.82 Å². The van der Waals surface area contributed by atoms with Gasteiger partial charge in [-0.25, -0.2) is 0 Å². The number of hydrogen-bond donors (Lipinski definition) is 1. The maximum absolute atomic E-state index is 12.1. The topological polar surface area (TPSA) is 63.1 Å². The van der Waals surface area contributed by atoms with Crippen molar-refractivity contribution >= 4 is 17.7 Å². The summed E-state index contributed by atoms with van der Waals surface area (Å²) in [5, 5.41) is 12.7. The SMILES string of the molecule is O=C(CSc1nnc2n1CCCCC2)N1CCNCC1. The number of amides is 1. The molecule has 0 spiro atoms. The third kappa shape index (κ3) is 3.15. The number of hydrogen-bond acceptors (Lipinski definition) is 5. The van der Waals surface area contributed by atoms with Crippen LogP contribution in [-0.2, 0) is 17.8 Å². The summed E-state index contributed by atoms with van der Waals surface area (Å²) in [6, 6.07) is 0. The van der Waals surface area contributed by atoms with Crippen molar-refractivity contribution in [1.82, 2.24) is 25.0 Å². The Bertz CT molecular complexity index is 469. The molecule has 1 aromatic heterocycles. The van der Waals surface area contributed by atoms with Gasteiger partial charge in [-0.1, -0.05) is 18.2 Å². The second kappa shape index (κ2) is 6.58. The maximum atomic E-state index is 12.1. The molecule has 0 aliphatic carbocycles. The van der Waals surface area contributed by atoms with Gasteiger partial charge in [0, 0.05) is 39.1 Å². The third-order valence-corrected chi connectivity index (χ3v) is 4.82. The zero-order valence-electron chi connectivity index (χ0n) is 11.7. The monoisotopic (exact) mass is 295 g/mol. The van der Waals surface area contributed by atoms with E-state index in [1.807, 2.05) is 4.90 Å². The minimum atomic E-state index is 0.211. The van der Waals surface area contributed by atoms with Crippen molar-refractivity contribution in [3.05, 3.63) is 5.82 Å². The molecular formula is C13H21N5OS. The predicted octanol–water partition coefficient (Wildman–Crippen LogP) is 0.528. The van der Waals surface area contributed by atoms with Crippen LogP contribution in [-0.4, -0.2) is 57.5 Å². The number of aromatic nitrogens is 3. The Kier molecular flexibility index (Phi) is 4.57. The minimum Gasteiger partial charge on any atom is -0.339 e. The number of nitrogens with zero attached hydrogens (tertiary/aromatic N) is 4. The summed E-state index contributed by atoms with van der Waals surface area (Å²) < 4.78 is 2.20. The van der Waals surface area contributed by atoms with Gasteiger partial charge >= 0.3 is 0 Å². The highest BCUT2D eigenvalue weighted by Crippen LogP contribution is 2.22. The smallest absolute Gasteiger partial charge is 0.233 e. The number of aryl methyl sites for hydroxylation is 1. The molecule has 3 heterocycles. The minimum absolute atomic E-state index is 0.211. The van der Waals surface area contributed by atoms with E-state index in [9.17, 15) is 4.79 Å². The van der Waals surface area contributed by atoms with Crippen LogP contribution < -0.4 is 5.32 Å². The maximum Gasteiger partial charge on any atom is 0.233 e. The summed E-state index contributed by atoms with van der Waals surface area (Å²) in [7, 11) is 0. The second-order valence-corrected chi connectivity index (χ2v) is 6.22. The van der Waals surface area contributed by atoms with Crippen molar-refractivity contribution in [3.8, 4) is 0 Å². The molecular weight excluding hydrogens is 274 g/mol. The van der Waals surface area contributed by atoms with E-state index in [1.54, 1.807) is 0 Å². The van der Waals surface area contributed by atoms with Crippen LogP contribution in [0.15, 0.2) is 5.16 Å². The van der Waals surface area contributed by atoms with E-state index in [-0.39, 0.29) is 5.91 Å². The van der Waals surface area contributed by atoms with E-state index in [0.29, 0.717) is 5.75 Å². The lowest BCUT2D eigenvalue weighted by atomic mass is 10.2. The Morgan fingerprint density at radius 2 is 2.00 bits per heavy atom. The normalized spacial score (nSPS) is 19.5. The van der Waals surface area contributed by atoms with Crippen molar-refractivity contribution in [2.24, 2.45) is 0 Å². The molecule has 2 aliphatic rings. The fraction of sp³-hybridized carbons (Fsp3) is 0.769. The first kappa shape index (κ1) is 13.9. The lowest BCUT2D eigenvalue weighted by Crippen LogP contribution is -2.47. The Morgan fingerprint density at radius 3 is 2.85 bits per heavy atom. The number of carbonyl (C=O) groups excluding carboxylic acids is 1. The molecule has 0 bridgehead atoms. The van der Waals surface area contributed by atoms with Crippen molar-refractivity contribution < 1.29 is 4.79 Å². The Morgan fingerprint density at radius 1 is 1.15 bits per heavy atom. The molecule has 0 radical (unpaired) electrons. The molecule has 0 saturated carbocycles. The van der Waals surface area contributed by atoms with Gasteiger partial charge in [-0.3, -0.25) is 4.79 Å².